The van der Waals surface area contributed by atoms with E-state index in [1.165, 1.54) is 0 Å². The molecule has 2 aromatic heterocycles. The van der Waals surface area contributed by atoms with Gasteiger partial charge in [-0.1, -0.05) is 18.2 Å². The van der Waals surface area contributed by atoms with Crippen LogP contribution >= 0.6 is 11.3 Å². The minimum Gasteiger partial charge on any atom is -0.497 e. The van der Waals surface area contributed by atoms with Crippen molar-refractivity contribution < 1.29 is 9.47 Å². The second-order valence-electron chi connectivity index (χ2n) is 5.98. The summed E-state index contributed by atoms with van der Waals surface area (Å²) in [5.74, 6) is 0.851. The average molecular weight is 365 g/mol. The number of imidazole rings is 1. The second-order valence-corrected chi connectivity index (χ2v) is 7.04. The Morgan fingerprint density at radius 1 is 1.12 bits per heavy atom. The fourth-order valence-corrected chi connectivity index (χ4v) is 3.93. The molecule has 0 spiro atoms. The van der Waals surface area contributed by atoms with Gasteiger partial charge in [0.05, 0.1) is 29.3 Å². The van der Waals surface area contributed by atoms with Crippen molar-refractivity contribution in [2.75, 3.05) is 14.2 Å². The van der Waals surface area contributed by atoms with Gasteiger partial charge in [-0.2, -0.15) is 0 Å². The molecule has 4 aromatic rings. The number of thiazole rings is 1. The number of fused-ring (bicyclic) bond motifs is 1. The predicted molar refractivity (Wildman–Crippen MR) is 104 cm³/mol. The van der Waals surface area contributed by atoms with E-state index in [1.54, 1.807) is 31.9 Å². The maximum absolute atomic E-state index is 5.71. The summed E-state index contributed by atoms with van der Waals surface area (Å²) in [5, 5.41) is 0.965. The summed E-state index contributed by atoms with van der Waals surface area (Å²) in [7, 11) is 3.40. The summed E-state index contributed by atoms with van der Waals surface area (Å²) in [6, 6.07) is 14.3. The van der Waals surface area contributed by atoms with Crippen molar-refractivity contribution in [3.05, 3.63) is 65.6 Å². The standard InChI is InChI=1S/C20H19N3O2S/c1-24-15-5-3-4-13(8-15)9-18(25-2)20-21-11-19(26-20)14-6-7-16-17(10-14)23-12-22-16/h3-8,10-12,18H,9H2,1-2H3,(H,22,23). The highest BCUT2D eigenvalue weighted by Crippen LogP contribution is 2.33. The monoisotopic (exact) mass is 365 g/mol. The third-order valence-electron chi connectivity index (χ3n) is 4.34. The molecule has 2 aromatic carbocycles. The van der Waals surface area contributed by atoms with Crippen LogP contribution in [0.1, 0.15) is 16.7 Å². The molecule has 0 aliphatic carbocycles. The molecule has 0 saturated heterocycles. The lowest BCUT2D eigenvalue weighted by Gasteiger charge is -2.13. The van der Waals surface area contributed by atoms with E-state index < -0.39 is 0 Å². The Labute approximate surface area is 155 Å². The summed E-state index contributed by atoms with van der Waals surface area (Å²) >= 11 is 1.65. The highest BCUT2D eigenvalue weighted by Gasteiger charge is 2.17. The molecule has 0 fully saturated rings. The highest BCUT2D eigenvalue weighted by molar-refractivity contribution is 7.15. The Bertz CT molecular complexity index is 1020. The highest BCUT2D eigenvalue weighted by atomic mass is 32.1. The van der Waals surface area contributed by atoms with Crippen molar-refractivity contribution in [2.45, 2.75) is 12.5 Å². The van der Waals surface area contributed by atoms with E-state index in [1.807, 2.05) is 30.5 Å². The van der Waals surface area contributed by atoms with Gasteiger partial charge in [-0.25, -0.2) is 9.97 Å². The van der Waals surface area contributed by atoms with Gasteiger partial charge in [-0.05, 0) is 35.4 Å². The molecular formula is C20H19N3O2S. The van der Waals surface area contributed by atoms with Crippen molar-refractivity contribution >= 4 is 22.4 Å². The summed E-state index contributed by atoms with van der Waals surface area (Å²) in [5.41, 5.74) is 4.26. The van der Waals surface area contributed by atoms with Crippen LogP contribution in [0.15, 0.2) is 55.0 Å². The Balaban J connectivity index is 1.58. The van der Waals surface area contributed by atoms with Crippen LogP contribution < -0.4 is 4.74 Å². The second kappa shape index (κ2) is 7.27. The summed E-state index contributed by atoms with van der Waals surface area (Å²) < 4.78 is 11.0. The van der Waals surface area contributed by atoms with Gasteiger partial charge in [0, 0.05) is 19.7 Å². The molecule has 6 heteroatoms. The number of rotatable bonds is 6. The van der Waals surface area contributed by atoms with Gasteiger partial charge >= 0.3 is 0 Å². The smallest absolute Gasteiger partial charge is 0.122 e. The number of nitrogens with one attached hydrogen (secondary N) is 1. The van der Waals surface area contributed by atoms with Crippen molar-refractivity contribution in [1.29, 1.82) is 0 Å². The predicted octanol–water partition coefficient (Wildman–Crippen LogP) is 4.63. The molecule has 2 heterocycles. The van der Waals surface area contributed by atoms with Crippen LogP contribution in [0.25, 0.3) is 21.5 Å². The first-order valence-electron chi connectivity index (χ1n) is 8.32. The minimum atomic E-state index is -0.0880. The van der Waals surface area contributed by atoms with E-state index in [4.69, 9.17) is 9.47 Å². The third-order valence-corrected chi connectivity index (χ3v) is 5.48. The van der Waals surface area contributed by atoms with Gasteiger partial charge in [0.25, 0.3) is 0 Å². The van der Waals surface area contributed by atoms with E-state index in [9.17, 15) is 0 Å². The van der Waals surface area contributed by atoms with Crippen LogP contribution in [0, 0.1) is 0 Å². The molecular weight excluding hydrogens is 346 g/mol. The minimum absolute atomic E-state index is 0.0880. The molecule has 5 nitrogen and oxygen atoms in total. The number of benzene rings is 2. The van der Waals surface area contributed by atoms with Gasteiger partial charge in [0.1, 0.15) is 16.9 Å². The zero-order valence-corrected chi connectivity index (χ0v) is 15.4. The average Bonchev–Trinajstić information content (AvgIpc) is 3.35. The van der Waals surface area contributed by atoms with Crippen molar-refractivity contribution in [2.24, 2.45) is 0 Å². The molecule has 4 rings (SSSR count). The first kappa shape index (κ1) is 16.8. The van der Waals surface area contributed by atoms with E-state index in [0.29, 0.717) is 0 Å². The molecule has 26 heavy (non-hydrogen) atoms. The number of aromatic nitrogens is 3. The van der Waals surface area contributed by atoms with Crippen LogP contribution in [0.2, 0.25) is 0 Å². The number of hydrogen-bond acceptors (Lipinski definition) is 5. The van der Waals surface area contributed by atoms with Crippen molar-refractivity contribution in [3.8, 4) is 16.2 Å². The van der Waals surface area contributed by atoms with E-state index in [-0.39, 0.29) is 6.10 Å². The van der Waals surface area contributed by atoms with Crippen molar-refractivity contribution in [3.63, 3.8) is 0 Å². The lowest BCUT2D eigenvalue weighted by Crippen LogP contribution is -2.05. The van der Waals surface area contributed by atoms with Crippen LogP contribution in [0.4, 0.5) is 0 Å². The summed E-state index contributed by atoms with van der Waals surface area (Å²) in [6.45, 7) is 0. The zero-order valence-electron chi connectivity index (χ0n) is 14.6. The lowest BCUT2D eigenvalue weighted by atomic mass is 10.1. The largest absolute Gasteiger partial charge is 0.497 e. The van der Waals surface area contributed by atoms with Crippen LogP contribution in [0.5, 0.6) is 5.75 Å². The Kier molecular flexibility index (Phi) is 4.69. The topological polar surface area (TPSA) is 60.0 Å². The third kappa shape index (κ3) is 3.34. The zero-order chi connectivity index (χ0) is 17.9. The van der Waals surface area contributed by atoms with Crippen LogP contribution in [-0.4, -0.2) is 29.2 Å². The first-order chi connectivity index (χ1) is 12.8. The maximum Gasteiger partial charge on any atom is 0.122 e. The Morgan fingerprint density at radius 3 is 2.88 bits per heavy atom. The molecule has 132 valence electrons. The fraction of sp³-hybridized carbons (Fsp3) is 0.200. The Hall–Kier alpha value is -2.70. The van der Waals surface area contributed by atoms with Gasteiger partial charge in [0.15, 0.2) is 0 Å². The van der Waals surface area contributed by atoms with Crippen molar-refractivity contribution in [1.82, 2.24) is 15.0 Å². The number of nitrogens with zero attached hydrogens (tertiary/aromatic N) is 2. The molecule has 0 aliphatic heterocycles. The molecule has 0 radical (unpaired) electrons. The van der Waals surface area contributed by atoms with E-state index in [0.717, 1.165) is 44.2 Å². The summed E-state index contributed by atoms with van der Waals surface area (Å²) in [6.07, 6.45) is 4.28. The quantitative estimate of drug-likeness (QED) is 0.541. The molecule has 0 amide bonds. The Morgan fingerprint density at radius 2 is 2.04 bits per heavy atom. The van der Waals surface area contributed by atoms with E-state index >= 15 is 0 Å². The number of aromatic amines is 1. The maximum atomic E-state index is 5.71. The van der Waals surface area contributed by atoms with Gasteiger partial charge in [0.2, 0.25) is 0 Å². The SMILES string of the molecule is COc1cccc(CC(OC)c2ncc(-c3ccc4[nH]cnc4c3)s2)c1. The van der Waals surface area contributed by atoms with Crippen LogP contribution in [-0.2, 0) is 11.2 Å². The van der Waals surface area contributed by atoms with Gasteiger partial charge in [-0.15, -0.1) is 11.3 Å². The fourth-order valence-electron chi connectivity index (χ4n) is 2.94. The molecule has 1 unspecified atom stereocenters. The molecule has 0 bridgehead atoms. The lowest BCUT2D eigenvalue weighted by molar-refractivity contribution is 0.103. The molecule has 1 atom stereocenters. The molecule has 1 N–H and O–H groups in total. The van der Waals surface area contributed by atoms with E-state index in [2.05, 4.69) is 33.2 Å². The number of ether oxygens (including phenoxy) is 2. The van der Waals surface area contributed by atoms with Gasteiger partial charge in [-0.3, -0.25) is 0 Å². The molecule has 0 saturated carbocycles. The molecule has 0 aliphatic rings. The number of hydrogen-bond donors (Lipinski definition) is 1. The number of H-pyrrole nitrogens is 1. The number of methoxy groups -OCH3 is 2. The normalized spacial score (nSPS) is 12.4. The van der Waals surface area contributed by atoms with Crippen LogP contribution in [0.3, 0.4) is 0 Å². The first-order valence-corrected chi connectivity index (χ1v) is 9.13. The van der Waals surface area contributed by atoms with Gasteiger partial charge < -0.3 is 14.5 Å². The summed E-state index contributed by atoms with van der Waals surface area (Å²) in [4.78, 5) is 13.2.